The average Bonchev–Trinajstić information content (AvgIpc) is 2.40. The predicted octanol–water partition coefficient (Wildman–Crippen LogP) is 2.25. The third-order valence-electron chi connectivity index (χ3n) is 3.70. The maximum Gasteiger partial charge on any atom is 0.226 e. The first-order chi connectivity index (χ1) is 9.19. The van der Waals surface area contributed by atoms with E-state index in [1.165, 1.54) is 12.1 Å². The molecule has 112 valence electrons. The summed E-state index contributed by atoms with van der Waals surface area (Å²) >= 11 is 0. The number of halogens is 2. The molecule has 0 radical (unpaired) electrons. The van der Waals surface area contributed by atoms with Gasteiger partial charge in [0, 0.05) is 13.1 Å². The molecule has 0 bridgehead atoms. The number of nitrogens with zero attached hydrogens (tertiary/aromatic N) is 1. The highest BCUT2D eigenvalue weighted by Crippen LogP contribution is 2.17. The summed E-state index contributed by atoms with van der Waals surface area (Å²) in [5.74, 6) is 0.495. The van der Waals surface area contributed by atoms with Crippen molar-refractivity contribution in [3.05, 3.63) is 35.6 Å². The lowest BCUT2D eigenvalue weighted by Crippen LogP contribution is -2.41. The van der Waals surface area contributed by atoms with Gasteiger partial charge in [0.25, 0.3) is 0 Å². The third kappa shape index (κ3) is 4.76. The smallest absolute Gasteiger partial charge is 0.226 e. The molecule has 20 heavy (non-hydrogen) atoms. The largest absolute Gasteiger partial charge is 0.342 e. The van der Waals surface area contributed by atoms with Gasteiger partial charge in [-0.05, 0) is 50.0 Å². The van der Waals surface area contributed by atoms with E-state index in [-0.39, 0.29) is 24.1 Å². The molecule has 1 aliphatic rings. The zero-order chi connectivity index (χ0) is 13.7. The number of piperidine rings is 1. The minimum atomic E-state index is -0.280. The summed E-state index contributed by atoms with van der Waals surface area (Å²) in [6.07, 6.45) is 2.40. The van der Waals surface area contributed by atoms with Crippen LogP contribution in [0.2, 0.25) is 0 Å². The zero-order valence-corrected chi connectivity index (χ0v) is 12.6. The lowest BCUT2D eigenvalue weighted by atomic mass is 9.96. The van der Waals surface area contributed by atoms with Crippen molar-refractivity contribution in [1.29, 1.82) is 0 Å². The minimum Gasteiger partial charge on any atom is -0.342 e. The van der Waals surface area contributed by atoms with Crippen LogP contribution >= 0.6 is 12.4 Å². The highest BCUT2D eigenvalue weighted by Gasteiger charge is 2.22. The summed E-state index contributed by atoms with van der Waals surface area (Å²) in [7, 11) is 1.96. The van der Waals surface area contributed by atoms with Crippen molar-refractivity contribution in [3.63, 3.8) is 0 Å². The molecular formula is C15H22ClFN2O. The molecular weight excluding hydrogens is 279 g/mol. The van der Waals surface area contributed by atoms with E-state index >= 15 is 0 Å². The molecule has 1 aromatic carbocycles. The number of benzene rings is 1. The van der Waals surface area contributed by atoms with Crippen molar-refractivity contribution in [2.75, 3.05) is 26.7 Å². The van der Waals surface area contributed by atoms with E-state index in [2.05, 4.69) is 5.32 Å². The van der Waals surface area contributed by atoms with Crippen LogP contribution in [0.25, 0.3) is 0 Å². The molecule has 1 amide bonds. The average molecular weight is 301 g/mol. The molecule has 0 atom stereocenters. The maximum atomic E-state index is 13.1. The Bertz CT molecular complexity index is 434. The number of nitrogens with one attached hydrogen (secondary N) is 1. The van der Waals surface area contributed by atoms with Crippen LogP contribution in [-0.2, 0) is 11.2 Å². The van der Waals surface area contributed by atoms with Crippen LogP contribution in [0.15, 0.2) is 24.3 Å². The van der Waals surface area contributed by atoms with E-state index in [9.17, 15) is 9.18 Å². The monoisotopic (exact) mass is 300 g/mol. The van der Waals surface area contributed by atoms with Crippen molar-refractivity contribution in [1.82, 2.24) is 10.2 Å². The number of hydrogen-bond donors (Lipinski definition) is 1. The Morgan fingerprint density at radius 1 is 1.40 bits per heavy atom. The Morgan fingerprint density at radius 3 is 2.70 bits per heavy atom. The van der Waals surface area contributed by atoms with Crippen LogP contribution in [0.5, 0.6) is 0 Å². The zero-order valence-electron chi connectivity index (χ0n) is 11.8. The molecule has 3 nitrogen and oxygen atoms in total. The molecule has 2 rings (SSSR count). The second kappa shape index (κ2) is 8.22. The highest BCUT2D eigenvalue weighted by atomic mass is 35.5. The second-order valence-corrected chi connectivity index (χ2v) is 5.19. The number of rotatable bonds is 4. The van der Waals surface area contributed by atoms with E-state index < -0.39 is 0 Å². The van der Waals surface area contributed by atoms with E-state index in [4.69, 9.17) is 0 Å². The topological polar surface area (TPSA) is 32.3 Å². The number of amides is 1. The first kappa shape index (κ1) is 16.9. The van der Waals surface area contributed by atoms with E-state index in [1.807, 2.05) is 11.9 Å². The van der Waals surface area contributed by atoms with Crippen LogP contribution in [0.4, 0.5) is 4.39 Å². The molecule has 5 heteroatoms. The van der Waals surface area contributed by atoms with E-state index in [1.54, 1.807) is 12.1 Å². The van der Waals surface area contributed by atoms with Crippen LogP contribution in [0.3, 0.4) is 0 Å². The molecule has 1 saturated heterocycles. The summed E-state index contributed by atoms with van der Waals surface area (Å²) in [4.78, 5) is 14.0. The van der Waals surface area contributed by atoms with Crippen molar-refractivity contribution >= 4 is 18.3 Å². The Hall–Kier alpha value is -1.13. The van der Waals surface area contributed by atoms with Crippen LogP contribution in [0, 0.1) is 11.7 Å². The minimum absolute atomic E-state index is 0. The van der Waals surface area contributed by atoms with Gasteiger partial charge in [0.2, 0.25) is 5.91 Å². The fourth-order valence-electron chi connectivity index (χ4n) is 2.61. The van der Waals surface area contributed by atoms with Crippen molar-refractivity contribution in [2.45, 2.75) is 19.3 Å². The molecule has 1 aromatic rings. The second-order valence-electron chi connectivity index (χ2n) is 5.19. The lowest BCUT2D eigenvalue weighted by molar-refractivity contribution is -0.131. The molecule has 1 fully saturated rings. The predicted molar refractivity (Wildman–Crippen MR) is 80.6 cm³/mol. The quantitative estimate of drug-likeness (QED) is 0.925. The Kier molecular flexibility index (Phi) is 6.96. The fourth-order valence-corrected chi connectivity index (χ4v) is 2.61. The van der Waals surface area contributed by atoms with Crippen molar-refractivity contribution < 1.29 is 9.18 Å². The van der Waals surface area contributed by atoms with Gasteiger partial charge in [-0.2, -0.15) is 0 Å². The first-order valence-corrected chi connectivity index (χ1v) is 6.86. The SMILES string of the molecule is CNCC1CCN(C(=O)Cc2cccc(F)c2)CC1.Cl. The third-order valence-corrected chi connectivity index (χ3v) is 3.70. The summed E-state index contributed by atoms with van der Waals surface area (Å²) in [6, 6.07) is 6.29. The van der Waals surface area contributed by atoms with E-state index in [0.29, 0.717) is 12.3 Å². The van der Waals surface area contributed by atoms with Crippen LogP contribution in [0.1, 0.15) is 18.4 Å². The van der Waals surface area contributed by atoms with Gasteiger partial charge in [-0.15, -0.1) is 12.4 Å². The fraction of sp³-hybridized carbons (Fsp3) is 0.533. The van der Waals surface area contributed by atoms with Gasteiger partial charge in [0.15, 0.2) is 0 Å². The van der Waals surface area contributed by atoms with Gasteiger partial charge in [-0.3, -0.25) is 4.79 Å². The highest BCUT2D eigenvalue weighted by molar-refractivity contribution is 5.85. The number of hydrogen-bond acceptors (Lipinski definition) is 2. The summed E-state index contributed by atoms with van der Waals surface area (Å²) in [6.45, 7) is 2.66. The molecule has 1 heterocycles. The maximum absolute atomic E-state index is 13.1. The Balaban J connectivity index is 0.00000200. The van der Waals surface area contributed by atoms with Gasteiger partial charge in [-0.1, -0.05) is 12.1 Å². The van der Waals surface area contributed by atoms with Crippen LogP contribution < -0.4 is 5.32 Å². The Labute approximate surface area is 125 Å². The number of carbonyl (C=O) groups excluding carboxylic acids is 1. The summed E-state index contributed by atoms with van der Waals surface area (Å²) in [5, 5.41) is 3.18. The van der Waals surface area contributed by atoms with Gasteiger partial charge < -0.3 is 10.2 Å². The van der Waals surface area contributed by atoms with Crippen molar-refractivity contribution in [2.24, 2.45) is 5.92 Å². The summed E-state index contributed by atoms with van der Waals surface area (Å²) in [5.41, 5.74) is 0.752. The molecule has 0 aliphatic carbocycles. The Morgan fingerprint density at radius 2 is 2.10 bits per heavy atom. The summed E-state index contributed by atoms with van der Waals surface area (Å²) < 4.78 is 13.1. The van der Waals surface area contributed by atoms with Gasteiger partial charge in [0.05, 0.1) is 6.42 Å². The normalized spacial score (nSPS) is 15.8. The first-order valence-electron chi connectivity index (χ1n) is 6.86. The van der Waals surface area contributed by atoms with Crippen molar-refractivity contribution in [3.8, 4) is 0 Å². The molecule has 1 aliphatic heterocycles. The molecule has 0 saturated carbocycles. The molecule has 0 aromatic heterocycles. The number of carbonyl (C=O) groups is 1. The van der Waals surface area contributed by atoms with Gasteiger partial charge in [0.1, 0.15) is 5.82 Å². The molecule has 0 unspecified atom stereocenters. The molecule has 1 N–H and O–H groups in total. The standard InChI is InChI=1S/C15H21FN2O.ClH/c1-17-11-12-5-7-18(8-6-12)15(19)10-13-3-2-4-14(16)9-13;/h2-4,9,12,17H,5-8,10-11H2,1H3;1H. The lowest BCUT2D eigenvalue weighted by Gasteiger charge is -2.32. The van der Waals surface area contributed by atoms with Crippen LogP contribution in [-0.4, -0.2) is 37.5 Å². The van der Waals surface area contributed by atoms with Gasteiger partial charge >= 0.3 is 0 Å². The number of likely N-dealkylation sites (tertiary alicyclic amines) is 1. The molecule has 0 spiro atoms. The van der Waals surface area contributed by atoms with E-state index in [0.717, 1.165) is 38.0 Å². The van der Waals surface area contributed by atoms with Gasteiger partial charge in [-0.25, -0.2) is 4.39 Å².